The second kappa shape index (κ2) is 10.7. The van der Waals surface area contributed by atoms with E-state index < -0.39 is 23.6 Å². The van der Waals surface area contributed by atoms with Gasteiger partial charge < -0.3 is 14.8 Å². The Labute approximate surface area is 205 Å². The third kappa shape index (κ3) is 5.54. The van der Waals surface area contributed by atoms with Gasteiger partial charge in [0.2, 0.25) is 5.91 Å². The molecule has 7 nitrogen and oxygen atoms in total. The maximum atomic E-state index is 12.8. The second-order valence-electron chi connectivity index (χ2n) is 6.32. The number of carbonyl (C=O) groups excluding carboxylic acids is 3. The molecule has 3 amide bonds. The first kappa shape index (κ1) is 23.9. The van der Waals surface area contributed by atoms with Crippen molar-refractivity contribution < 1.29 is 23.9 Å². The first-order chi connectivity index (χ1) is 15.3. The third-order valence-electron chi connectivity index (χ3n) is 4.17. The van der Waals surface area contributed by atoms with Crippen molar-refractivity contribution in [3.05, 3.63) is 55.8 Å². The Morgan fingerprint density at radius 2 is 2.00 bits per heavy atom. The molecule has 1 aliphatic heterocycles. The molecule has 1 aliphatic rings. The van der Waals surface area contributed by atoms with Crippen LogP contribution in [0.1, 0.15) is 5.56 Å². The average molecular weight is 580 g/mol. The fraction of sp³-hybridized carbons (Fsp3) is 0.136. The van der Waals surface area contributed by atoms with Crippen molar-refractivity contribution in [1.29, 1.82) is 0 Å². The summed E-state index contributed by atoms with van der Waals surface area (Å²) in [5, 5.41) is 2.15. The van der Waals surface area contributed by atoms with Crippen LogP contribution in [0, 0.1) is 12.3 Å². The number of anilines is 1. The van der Waals surface area contributed by atoms with Crippen molar-refractivity contribution in [3.63, 3.8) is 0 Å². The van der Waals surface area contributed by atoms with Crippen LogP contribution in [0.4, 0.5) is 10.5 Å². The fourth-order valence-electron chi connectivity index (χ4n) is 2.76. The first-order valence-electron chi connectivity index (χ1n) is 9.07. The Bertz CT molecular complexity index is 1160. The number of terminal acetylenes is 1. The zero-order valence-electron chi connectivity index (χ0n) is 16.7. The summed E-state index contributed by atoms with van der Waals surface area (Å²) in [6.07, 6.45) is 6.79. The number of carbonyl (C=O) groups is 3. The summed E-state index contributed by atoms with van der Waals surface area (Å²) in [4.78, 5) is 38.6. The number of benzene rings is 2. The highest BCUT2D eigenvalue weighted by Gasteiger charge is 2.36. The Morgan fingerprint density at radius 1 is 1.25 bits per heavy atom. The molecule has 0 aromatic heterocycles. The number of nitrogens with zero attached hydrogens (tertiary/aromatic N) is 1. The van der Waals surface area contributed by atoms with Gasteiger partial charge in [-0.05, 0) is 79.5 Å². The number of hydrogen-bond acceptors (Lipinski definition) is 6. The Hall–Kier alpha value is -2.74. The Kier molecular flexibility index (Phi) is 8.01. The van der Waals surface area contributed by atoms with E-state index in [1.807, 2.05) is 6.07 Å². The predicted molar refractivity (Wildman–Crippen MR) is 130 cm³/mol. The lowest BCUT2D eigenvalue weighted by atomic mass is 10.2. The van der Waals surface area contributed by atoms with E-state index in [1.165, 1.54) is 7.11 Å². The highest BCUT2D eigenvalue weighted by Crippen LogP contribution is 2.39. The Balaban J connectivity index is 1.76. The molecule has 0 spiro atoms. The number of halogens is 2. The average Bonchev–Trinajstić information content (AvgIpc) is 3.01. The third-order valence-corrected chi connectivity index (χ3v) is 6.36. The number of thioether (sulfide) groups is 1. The van der Waals surface area contributed by atoms with E-state index >= 15 is 0 Å². The van der Waals surface area contributed by atoms with E-state index in [4.69, 9.17) is 15.9 Å². The summed E-state index contributed by atoms with van der Waals surface area (Å²) < 4.78 is 12.1. The Morgan fingerprint density at radius 3 is 2.69 bits per heavy atom. The highest BCUT2D eigenvalue weighted by atomic mass is 79.9. The molecule has 0 aliphatic carbocycles. The molecule has 1 saturated heterocycles. The number of nitrogens with one attached hydrogen (secondary N) is 1. The van der Waals surface area contributed by atoms with Gasteiger partial charge in [0.25, 0.3) is 11.1 Å². The van der Waals surface area contributed by atoms with Crippen LogP contribution in [0.15, 0.2) is 50.2 Å². The molecule has 0 atom stereocenters. The molecule has 32 heavy (non-hydrogen) atoms. The summed E-state index contributed by atoms with van der Waals surface area (Å²) in [6.45, 7) is -0.329. The van der Waals surface area contributed by atoms with Crippen LogP contribution in [-0.4, -0.2) is 42.2 Å². The summed E-state index contributed by atoms with van der Waals surface area (Å²) >= 11 is 7.50. The molecule has 1 fully saturated rings. The normalized spacial score (nSPS) is 14.4. The van der Waals surface area contributed by atoms with E-state index in [9.17, 15) is 14.4 Å². The second-order valence-corrected chi connectivity index (χ2v) is 9.02. The zero-order valence-corrected chi connectivity index (χ0v) is 20.7. The van der Waals surface area contributed by atoms with Crippen molar-refractivity contribution in [1.82, 2.24) is 4.90 Å². The van der Waals surface area contributed by atoms with Gasteiger partial charge in [-0.1, -0.05) is 18.1 Å². The lowest BCUT2D eigenvalue weighted by Crippen LogP contribution is -2.36. The molecular formula is C22H16Br2N2O5S. The van der Waals surface area contributed by atoms with Crippen molar-refractivity contribution in [3.8, 4) is 23.8 Å². The van der Waals surface area contributed by atoms with Crippen LogP contribution >= 0.6 is 43.6 Å². The van der Waals surface area contributed by atoms with Gasteiger partial charge in [-0.25, -0.2) is 0 Å². The van der Waals surface area contributed by atoms with E-state index in [0.717, 1.165) is 16.7 Å². The van der Waals surface area contributed by atoms with Gasteiger partial charge in [-0.3, -0.25) is 19.3 Å². The molecule has 0 radical (unpaired) electrons. The number of imide groups is 1. The van der Waals surface area contributed by atoms with Gasteiger partial charge in [-0.2, -0.15) is 0 Å². The monoisotopic (exact) mass is 578 g/mol. The summed E-state index contributed by atoms with van der Waals surface area (Å²) in [6, 6.07) is 10.4. The first-order valence-corrected chi connectivity index (χ1v) is 11.5. The molecular weight excluding hydrogens is 564 g/mol. The summed E-state index contributed by atoms with van der Waals surface area (Å²) in [5.41, 5.74) is 1.15. The van der Waals surface area contributed by atoms with Crippen molar-refractivity contribution in [2.45, 2.75) is 0 Å². The molecule has 1 heterocycles. The van der Waals surface area contributed by atoms with E-state index in [2.05, 4.69) is 43.1 Å². The van der Waals surface area contributed by atoms with Crippen LogP contribution in [-0.2, 0) is 9.59 Å². The minimum absolute atomic E-state index is 0.0643. The van der Waals surface area contributed by atoms with Crippen molar-refractivity contribution in [2.24, 2.45) is 0 Å². The van der Waals surface area contributed by atoms with Gasteiger partial charge in [-0.15, -0.1) is 6.42 Å². The minimum atomic E-state index is -0.551. The number of para-hydroxylation sites is 1. The number of amides is 3. The molecule has 1 N–H and O–H groups in total. The van der Waals surface area contributed by atoms with Gasteiger partial charge in [0.1, 0.15) is 13.2 Å². The number of rotatable bonds is 7. The van der Waals surface area contributed by atoms with Crippen LogP contribution < -0.4 is 14.8 Å². The number of hydrogen-bond donors (Lipinski definition) is 1. The number of methoxy groups -OCH3 is 1. The van der Waals surface area contributed by atoms with Gasteiger partial charge in [0.05, 0.1) is 22.2 Å². The summed E-state index contributed by atoms with van der Waals surface area (Å²) in [7, 11) is 1.48. The summed E-state index contributed by atoms with van der Waals surface area (Å²) in [5.74, 6) is 2.18. The lowest BCUT2D eigenvalue weighted by molar-refractivity contribution is -0.127. The fourth-order valence-corrected chi connectivity index (χ4v) is 4.56. The standard InChI is InChI=1S/C22H16Br2N2O5S/c1-3-8-31-20-15(24)9-13(10-17(20)30-2)11-18-21(28)26(22(29)32-18)12-19(27)25-16-7-5-4-6-14(16)23/h1,4-7,9-11H,8,12H2,2H3,(H,25,27)/b18-11-. The molecule has 0 unspecified atom stereocenters. The minimum Gasteiger partial charge on any atom is -0.493 e. The van der Waals surface area contributed by atoms with Gasteiger partial charge >= 0.3 is 0 Å². The highest BCUT2D eigenvalue weighted by molar-refractivity contribution is 9.11. The van der Waals surface area contributed by atoms with Crippen molar-refractivity contribution in [2.75, 3.05) is 25.6 Å². The smallest absolute Gasteiger partial charge is 0.294 e. The molecule has 164 valence electrons. The largest absolute Gasteiger partial charge is 0.493 e. The maximum Gasteiger partial charge on any atom is 0.294 e. The van der Waals surface area contributed by atoms with Crippen LogP contribution in [0.2, 0.25) is 0 Å². The van der Waals surface area contributed by atoms with E-state index in [0.29, 0.717) is 31.7 Å². The van der Waals surface area contributed by atoms with E-state index in [1.54, 1.807) is 36.4 Å². The maximum absolute atomic E-state index is 12.8. The van der Waals surface area contributed by atoms with Gasteiger partial charge in [0, 0.05) is 4.47 Å². The van der Waals surface area contributed by atoms with Crippen molar-refractivity contribution >= 4 is 72.4 Å². The lowest BCUT2D eigenvalue weighted by Gasteiger charge is -2.13. The quantitative estimate of drug-likeness (QED) is 0.371. The topological polar surface area (TPSA) is 84.9 Å². The molecule has 0 saturated carbocycles. The van der Waals surface area contributed by atoms with Crippen LogP contribution in [0.3, 0.4) is 0 Å². The zero-order chi connectivity index (χ0) is 23.3. The van der Waals surface area contributed by atoms with E-state index in [-0.39, 0.29) is 11.5 Å². The predicted octanol–water partition coefficient (Wildman–Crippen LogP) is 4.91. The molecule has 2 aromatic carbocycles. The molecule has 0 bridgehead atoms. The van der Waals surface area contributed by atoms with Crippen LogP contribution in [0.25, 0.3) is 6.08 Å². The number of ether oxygens (including phenoxy) is 2. The van der Waals surface area contributed by atoms with Crippen LogP contribution in [0.5, 0.6) is 11.5 Å². The van der Waals surface area contributed by atoms with Gasteiger partial charge in [0.15, 0.2) is 11.5 Å². The molecule has 2 aromatic rings. The SMILES string of the molecule is C#CCOc1c(Br)cc(/C=C2\SC(=O)N(CC(=O)Nc3ccccc3Br)C2=O)cc1OC. The molecule has 3 rings (SSSR count). The molecule has 10 heteroatoms.